The lowest BCUT2D eigenvalue weighted by atomic mass is 10.2. The number of rotatable bonds is 2. The fraction of sp³-hybridized carbons (Fsp3) is 0.0588. The maximum atomic E-state index is 10.4. The number of hydrogen-bond acceptors (Lipinski definition) is 4. The summed E-state index contributed by atoms with van der Waals surface area (Å²) in [4.78, 5) is 9.03. The Kier molecular flexibility index (Phi) is 3.21. The average molecular weight is 341 g/mol. The van der Waals surface area contributed by atoms with E-state index in [1.807, 2.05) is 24.3 Å². The second-order valence-electron chi connectivity index (χ2n) is 5.49. The minimum Gasteiger partial charge on any atom is -0.509 e. The van der Waals surface area contributed by atoms with E-state index in [2.05, 4.69) is 9.97 Å². The molecule has 120 valence electrons. The summed E-state index contributed by atoms with van der Waals surface area (Å²) in [6.45, 7) is 0.0686. The average Bonchev–Trinajstić information content (AvgIpc) is 3.10. The van der Waals surface area contributed by atoms with Crippen molar-refractivity contribution in [1.82, 2.24) is 9.97 Å². The van der Waals surface area contributed by atoms with E-state index in [0.29, 0.717) is 22.1 Å². The predicted molar refractivity (Wildman–Crippen MR) is 93.8 cm³/mol. The zero-order valence-corrected chi connectivity index (χ0v) is 13.2. The number of H-pyrrole nitrogens is 1. The number of phenols is 1. The first-order valence-corrected chi connectivity index (χ1v) is 7.64. The number of aliphatic hydroxyl groups excluding tert-OH is 1. The minimum absolute atomic E-state index is 0.0113. The highest BCUT2D eigenvalue weighted by molar-refractivity contribution is 6.32. The van der Waals surface area contributed by atoms with Crippen LogP contribution in [0, 0.1) is 5.41 Å². The van der Waals surface area contributed by atoms with Gasteiger partial charge in [-0.05, 0) is 30.3 Å². The number of aliphatic hydroxyl groups is 1. The molecule has 0 unspecified atom stereocenters. The largest absolute Gasteiger partial charge is 0.509 e. The van der Waals surface area contributed by atoms with E-state index in [9.17, 15) is 10.2 Å². The molecule has 2 aromatic carbocycles. The summed E-state index contributed by atoms with van der Waals surface area (Å²) in [5.74, 6) is 0.466. The Morgan fingerprint density at radius 1 is 1.17 bits per heavy atom. The molecule has 7 heteroatoms. The number of benzene rings is 2. The number of nitrogens with one attached hydrogen (secondary N) is 2. The van der Waals surface area contributed by atoms with Crippen LogP contribution < -0.4 is 4.90 Å². The molecule has 0 amide bonds. The van der Waals surface area contributed by atoms with Crippen LogP contribution in [0.3, 0.4) is 0 Å². The molecule has 0 aliphatic carbocycles. The first-order valence-electron chi connectivity index (χ1n) is 7.27. The van der Waals surface area contributed by atoms with Gasteiger partial charge in [0.15, 0.2) is 0 Å². The molecule has 0 bridgehead atoms. The fourth-order valence-electron chi connectivity index (χ4n) is 2.82. The topological polar surface area (TPSA) is 96.2 Å². The van der Waals surface area contributed by atoms with E-state index in [1.165, 1.54) is 11.0 Å². The van der Waals surface area contributed by atoms with Crippen molar-refractivity contribution in [3.63, 3.8) is 0 Å². The lowest BCUT2D eigenvalue weighted by Gasteiger charge is -2.19. The summed E-state index contributed by atoms with van der Waals surface area (Å²) in [6.07, 6.45) is 0. The quantitative estimate of drug-likeness (QED) is 0.572. The van der Waals surface area contributed by atoms with Crippen LogP contribution in [0.15, 0.2) is 48.2 Å². The molecule has 4 N–H and O–H groups in total. The molecule has 0 radical (unpaired) electrons. The molecule has 6 nitrogen and oxygen atoms in total. The Bertz CT molecular complexity index is 976. The zero-order chi connectivity index (χ0) is 16.8. The number of aromatic hydroxyl groups is 1. The Hall–Kier alpha value is -2.99. The molecule has 4 rings (SSSR count). The van der Waals surface area contributed by atoms with Crippen molar-refractivity contribution in [1.29, 1.82) is 5.41 Å². The lowest BCUT2D eigenvalue weighted by Crippen LogP contribution is -2.26. The highest BCUT2D eigenvalue weighted by Crippen LogP contribution is 2.36. The monoisotopic (exact) mass is 340 g/mol. The van der Waals surface area contributed by atoms with Crippen LogP contribution >= 0.6 is 11.6 Å². The first-order chi connectivity index (χ1) is 11.5. The van der Waals surface area contributed by atoms with Crippen LogP contribution in [-0.4, -0.2) is 32.6 Å². The third-order valence-corrected chi connectivity index (χ3v) is 4.19. The molecular formula is C17H13ClN4O2. The van der Waals surface area contributed by atoms with Gasteiger partial charge in [0.25, 0.3) is 0 Å². The number of halogens is 1. The summed E-state index contributed by atoms with van der Waals surface area (Å²) in [6, 6.07) is 12.1. The predicted octanol–water partition coefficient (Wildman–Crippen LogP) is 3.69. The van der Waals surface area contributed by atoms with Gasteiger partial charge in [-0.3, -0.25) is 5.41 Å². The molecule has 0 saturated heterocycles. The number of anilines is 1. The van der Waals surface area contributed by atoms with Crippen molar-refractivity contribution < 1.29 is 10.2 Å². The Morgan fingerprint density at radius 2 is 1.96 bits per heavy atom. The molecule has 0 saturated carbocycles. The van der Waals surface area contributed by atoms with E-state index in [0.717, 1.165) is 11.0 Å². The van der Waals surface area contributed by atoms with Gasteiger partial charge in [0, 0.05) is 5.02 Å². The number of phenolic OH excluding ortho intramolecular Hbond substituents is 1. The van der Waals surface area contributed by atoms with Gasteiger partial charge >= 0.3 is 0 Å². The number of aromatic nitrogens is 2. The molecule has 1 aromatic heterocycles. The van der Waals surface area contributed by atoms with Gasteiger partial charge in [0.2, 0.25) is 0 Å². The summed E-state index contributed by atoms with van der Waals surface area (Å²) in [7, 11) is 0. The van der Waals surface area contributed by atoms with Crippen LogP contribution in [0.4, 0.5) is 5.69 Å². The van der Waals surface area contributed by atoms with Crippen molar-refractivity contribution in [3.05, 3.63) is 59.1 Å². The van der Waals surface area contributed by atoms with Crippen LogP contribution in [0.2, 0.25) is 5.02 Å². The second kappa shape index (κ2) is 5.28. The summed E-state index contributed by atoms with van der Waals surface area (Å²) in [5, 5.41) is 29.2. The smallest absolute Gasteiger partial charge is 0.145 e. The maximum absolute atomic E-state index is 10.4. The normalized spacial score (nSPS) is 14.9. The molecule has 1 aliphatic heterocycles. The van der Waals surface area contributed by atoms with E-state index in [4.69, 9.17) is 17.0 Å². The molecule has 1 aliphatic rings. The summed E-state index contributed by atoms with van der Waals surface area (Å²) < 4.78 is 0. The van der Waals surface area contributed by atoms with Gasteiger partial charge in [0.05, 0.1) is 28.8 Å². The van der Waals surface area contributed by atoms with E-state index < -0.39 is 0 Å². The third kappa shape index (κ3) is 2.19. The Labute approximate surface area is 142 Å². The molecule has 0 fully saturated rings. The van der Waals surface area contributed by atoms with Crippen molar-refractivity contribution in [2.24, 2.45) is 0 Å². The number of nitrogens with zero attached hydrogens (tertiary/aromatic N) is 2. The van der Waals surface area contributed by atoms with Gasteiger partial charge in [-0.1, -0.05) is 23.7 Å². The number of amidine groups is 1. The van der Waals surface area contributed by atoms with Crippen LogP contribution in [0.25, 0.3) is 16.6 Å². The van der Waals surface area contributed by atoms with Crippen molar-refractivity contribution in [2.45, 2.75) is 0 Å². The SMILES string of the molecule is N=C1C(c2nc3ccccc3[nH]2)=C(O)CN1c1cc(Cl)ccc1O. The molecule has 3 aromatic rings. The number of fused-ring (bicyclic) bond motifs is 1. The van der Waals surface area contributed by atoms with Crippen LogP contribution in [-0.2, 0) is 0 Å². The molecular weight excluding hydrogens is 328 g/mol. The molecule has 2 heterocycles. The Morgan fingerprint density at radius 3 is 2.75 bits per heavy atom. The van der Waals surface area contributed by atoms with E-state index in [-0.39, 0.29) is 23.9 Å². The lowest BCUT2D eigenvalue weighted by molar-refractivity contribution is 0.410. The van der Waals surface area contributed by atoms with Gasteiger partial charge in [-0.15, -0.1) is 0 Å². The van der Waals surface area contributed by atoms with Crippen LogP contribution in [0.1, 0.15) is 5.82 Å². The van der Waals surface area contributed by atoms with Crippen molar-refractivity contribution in [2.75, 3.05) is 11.4 Å². The molecule has 0 atom stereocenters. The zero-order valence-electron chi connectivity index (χ0n) is 12.4. The van der Waals surface area contributed by atoms with E-state index in [1.54, 1.807) is 12.1 Å². The minimum atomic E-state index is -0.0113. The highest BCUT2D eigenvalue weighted by atomic mass is 35.5. The van der Waals surface area contributed by atoms with E-state index >= 15 is 0 Å². The first kappa shape index (κ1) is 14.6. The van der Waals surface area contributed by atoms with Crippen molar-refractivity contribution in [3.8, 4) is 5.75 Å². The number of para-hydroxylation sites is 2. The molecule has 24 heavy (non-hydrogen) atoms. The standard InChI is InChI=1S/C17H13ClN4O2/c18-9-5-6-13(23)12(7-9)22-8-14(24)15(16(22)19)17-20-10-3-1-2-4-11(10)21-17/h1-7,19,23-24H,8H2,(H,20,21). The number of imidazole rings is 1. The summed E-state index contributed by atoms with van der Waals surface area (Å²) >= 11 is 5.98. The highest BCUT2D eigenvalue weighted by Gasteiger charge is 2.32. The maximum Gasteiger partial charge on any atom is 0.145 e. The van der Waals surface area contributed by atoms with Crippen LogP contribution in [0.5, 0.6) is 5.75 Å². The van der Waals surface area contributed by atoms with Gasteiger partial charge in [0.1, 0.15) is 23.2 Å². The van der Waals surface area contributed by atoms with Gasteiger partial charge < -0.3 is 20.1 Å². The second-order valence-corrected chi connectivity index (χ2v) is 5.93. The number of aromatic amines is 1. The van der Waals surface area contributed by atoms with Gasteiger partial charge in [-0.2, -0.15) is 0 Å². The third-order valence-electron chi connectivity index (χ3n) is 3.96. The number of hydrogen-bond donors (Lipinski definition) is 4. The Balaban J connectivity index is 1.76. The van der Waals surface area contributed by atoms with Gasteiger partial charge in [-0.25, -0.2) is 4.98 Å². The summed E-state index contributed by atoms with van der Waals surface area (Å²) in [5.41, 5.74) is 2.25. The fourth-order valence-corrected chi connectivity index (χ4v) is 2.98. The molecule has 0 spiro atoms. The van der Waals surface area contributed by atoms with Crippen molar-refractivity contribution >= 4 is 39.7 Å².